The van der Waals surface area contributed by atoms with Crippen LogP contribution in [0, 0.1) is 0 Å². The van der Waals surface area contributed by atoms with Crippen LogP contribution < -0.4 is 19.5 Å². The molecule has 0 radical (unpaired) electrons. The summed E-state index contributed by atoms with van der Waals surface area (Å²) >= 11 is 0. The molecule has 0 bridgehead atoms. The monoisotopic (exact) mass is 670 g/mol. The first-order valence-corrected chi connectivity index (χ1v) is 16.8. The number of hydrogen-bond acceptors (Lipinski definition) is 7. The molecule has 0 fully saturated rings. The van der Waals surface area contributed by atoms with E-state index in [4.69, 9.17) is 29.0 Å². The van der Waals surface area contributed by atoms with Crippen molar-refractivity contribution >= 4 is 11.8 Å². The van der Waals surface area contributed by atoms with Crippen LogP contribution in [0.1, 0.15) is 34.8 Å². The number of nitrogens with zero attached hydrogens (tertiary/aromatic N) is 1. The Kier molecular flexibility index (Phi) is 11.1. The van der Waals surface area contributed by atoms with Crippen molar-refractivity contribution in [2.75, 3.05) is 34.0 Å². The van der Waals surface area contributed by atoms with Crippen molar-refractivity contribution in [1.29, 1.82) is 0 Å². The van der Waals surface area contributed by atoms with E-state index in [1.54, 1.807) is 14.2 Å². The van der Waals surface area contributed by atoms with Crippen LogP contribution in [0.4, 0.5) is 0 Å². The Balaban J connectivity index is 1.35. The first kappa shape index (κ1) is 34.3. The van der Waals surface area contributed by atoms with Crippen molar-refractivity contribution in [3.05, 3.63) is 150 Å². The standard InChI is InChI=1S/C42H42N2O6/c1-47-37-23-14-30(28-38(37)48-2)24-25-43-41(46)42(29-31-10-5-3-6-11-31)39(34-17-15-33(16-18-34)32-12-7-4-8-13-32)50-40(44-42)35-19-21-36(22-20-35)49-27-9-26-45/h3-8,10-23,28,39,45H,9,24-27,29H2,1-2H3,(H,43,46)/t39-,42-/m1/s1. The molecule has 1 aliphatic heterocycles. The van der Waals surface area contributed by atoms with Crippen LogP contribution in [0.5, 0.6) is 17.2 Å². The predicted molar refractivity (Wildman–Crippen MR) is 195 cm³/mol. The molecule has 8 heteroatoms. The molecular weight excluding hydrogens is 628 g/mol. The van der Waals surface area contributed by atoms with Crippen molar-refractivity contribution < 1.29 is 28.8 Å². The normalized spacial score (nSPS) is 16.6. The molecule has 2 N–H and O–H groups in total. The second-order valence-corrected chi connectivity index (χ2v) is 12.1. The van der Waals surface area contributed by atoms with E-state index >= 15 is 0 Å². The van der Waals surface area contributed by atoms with Crippen LogP contribution >= 0.6 is 0 Å². The van der Waals surface area contributed by atoms with Gasteiger partial charge in [0.1, 0.15) is 5.75 Å². The van der Waals surface area contributed by atoms with Gasteiger partial charge in [0.25, 0.3) is 5.91 Å². The van der Waals surface area contributed by atoms with Crippen LogP contribution in [0.25, 0.3) is 11.1 Å². The van der Waals surface area contributed by atoms with Gasteiger partial charge in [0, 0.05) is 31.6 Å². The maximum atomic E-state index is 14.7. The predicted octanol–water partition coefficient (Wildman–Crippen LogP) is 6.99. The van der Waals surface area contributed by atoms with Gasteiger partial charge in [-0.3, -0.25) is 4.79 Å². The summed E-state index contributed by atoms with van der Waals surface area (Å²) in [6.45, 7) is 0.865. The Morgan fingerprint density at radius 3 is 2.12 bits per heavy atom. The van der Waals surface area contributed by atoms with E-state index in [2.05, 4.69) is 29.6 Å². The molecule has 5 aromatic rings. The van der Waals surface area contributed by atoms with E-state index in [1.807, 2.05) is 103 Å². The number of aliphatic hydroxyl groups is 1. The number of carbonyl (C=O) groups excluding carboxylic acids is 1. The zero-order valence-electron chi connectivity index (χ0n) is 28.4. The summed E-state index contributed by atoms with van der Waals surface area (Å²) in [5.41, 5.74) is 4.41. The summed E-state index contributed by atoms with van der Waals surface area (Å²) in [4.78, 5) is 19.8. The molecule has 0 spiro atoms. The fourth-order valence-corrected chi connectivity index (χ4v) is 6.18. The molecule has 6 rings (SSSR count). The number of hydrogen-bond donors (Lipinski definition) is 2. The summed E-state index contributed by atoms with van der Waals surface area (Å²) in [6, 6.07) is 41.5. The lowest BCUT2D eigenvalue weighted by Crippen LogP contribution is -2.50. The minimum atomic E-state index is -1.31. The van der Waals surface area contributed by atoms with Crippen molar-refractivity contribution in [2.45, 2.75) is 30.9 Å². The first-order chi connectivity index (χ1) is 24.5. The van der Waals surface area contributed by atoms with Crippen molar-refractivity contribution in [3.8, 4) is 28.4 Å². The summed E-state index contributed by atoms with van der Waals surface area (Å²) in [5, 5.41) is 12.3. The summed E-state index contributed by atoms with van der Waals surface area (Å²) in [5.74, 6) is 2.13. The number of methoxy groups -OCH3 is 2. The smallest absolute Gasteiger partial charge is 0.252 e. The Labute approximate surface area is 293 Å². The molecule has 2 atom stereocenters. The highest BCUT2D eigenvalue weighted by Crippen LogP contribution is 2.43. The molecular formula is C42H42N2O6. The lowest BCUT2D eigenvalue weighted by atomic mass is 9.81. The minimum absolute atomic E-state index is 0.0658. The fourth-order valence-electron chi connectivity index (χ4n) is 6.18. The second kappa shape index (κ2) is 16.2. The SMILES string of the molecule is COc1ccc(CCNC(=O)[C@]2(Cc3ccccc3)N=C(c3ccc(OCCCO)cc3)O[C@@H]2c2ccc(-c3ccccc3)cc2)cc1OC. The Morgan fingerprint density at radius 2 is 1.44 bits per heavy atom. The van der Waals surface area contributed by atoms with Crippen LogP contribution in [-0.4, -0.2) is 56.4 Å². The van der Waals surface area contributed by atoms with E-state index < -0.39 is 11.6 Å². The van der Waals surface area contributed by atoms with Crippen LogP contribution in [0.3, 0.4) is 0 Å². The van der Waals surface area contributed by atoms with E-state index in [-0.39, 0.29) is 12.5 Å². The Bertz CT molecular complexity index is 1880. The Hall–Kier alpha value is -5.60. The molecule has 0 unspecified atom stereocenters. The van der Waals surface area contributed by atoms with Crippen LogP contribution in [-0.2, 0) is 22.4 Å². The molecule has 1 amide bonds. The highest BCUT2D eigenvalue weighted by molar-refractivity contribution is 6.01. The molecule has 0 aliphatic carbocycles. The molecule has 0 saturated carbocycles. The molecule has 8 nitrogen and oxygen atoms in total. The number of nitrogens with one attached hydrogen (secondary N) is 1. The zero-order chi connectivity index (χ0) is 34.8. The van der Waals surface area contributed by atoms with Gasteiger partial charge in [-0.25, -0.2) is 4.99 Å². The van der Waals surface area contributed by atoms with Gasteiger partial charge in [0.2, 0.25) is 5.90 Å². The number of carbonyl (C=O) groups is 1. The zero-order valence-corrected chi connectivity index (χ0v) is 28.4. The number of amides is 1. The number of aliphatic hydroxyl groups excluding tert-OH is 1. The first-order valence-electron chi connectivity index (χ1n) is 16.8. The largest absolute Gasteiger partial charge is 0.494 e. The maximum absolute atomic E-state index is 14.7. The van der Waals surface area contributed by atoms with Gasteiger partial charge >= 0.3 is 0 Å². The van der Waals surface area contributed by atoms with Gasteiger partial charge in [0.15, 0.2) is 23.1 Å². The van der Waals surface area contributed by atoms with Crippen LogP contribution in [0.2, 0.25) is 0 Å². The van der Waals surface area contributed by atoms with E-state index in [0.29, 0.717) is 55.6 Å². The third-order valence-corrected chi connectivity index (χ3v) is 8.81. The van der Waals surface area contributed by atoms with Crippen molar-refractivity contribution in [3.63, 3.8) is 0 Å². The maximum Gasteiger partial charge on any atom is 0.252 e. The molecule has 0 saturated heterocycles. The lowest BCUT2D eigenvalue weighted by Gasteiger charge is -2.31. The number of rotatable bonds is 15. The van der Waals surface area contributed by atoms with Gasteiger partial charge in [0.05, 0.1) is 20.8 Å². The molecule has 0 aromatic heterocycles. The average Bonchev–Trinajstić information content (AvgIpc) is 3.56. The van der Waals surface area contributed by atoms with Gasteiger partial charge in [-0.1, -0.05) is 91.0 Å². The minimum Gasteiger partial charge on any atom is -0.494 e. The topological polar surface area (TPSA) is 98.6 Å². The van der Waals surface area contributed by atoms with E-state index in [1.165, 1.54) is 0 Å². The lowest BCUT2D eigenvalue weighted by molar-refractivity contribution is -0.128. The highest BCUT2D eigenvalue weighted by atomic mass is 16.5. The molecule has 5 aromatic carbocycles. The quantitative estimate of drug-likeness (QED) is 0.117. The van der Waals surface area contributed by atoms with E-state index in [9.17, 15) is 4.79 Å². The van der Waals surface area contributed by atoms with Gasteiger partial charge < -0.3 is 29.4 Å². The number of ether oxygens (including phenoxy) is 4. The summed E-state index contributed by atoms with van der Waals surface area (Å²) in [7, 11) is 3.21. The highest BCUT2D eigenvalue weighted by Gasteiger charge is 2.53. The number of benzene rings is 5. The van der Waals surface area contributed by atoms with Gasteiger partial charge in [-0.2, -0.15) is 0 Å². The molecule has 1 aliphatic rings. The molecule has 1 heterocycles. The van der Waals surface area contributed by atoms with Crippen molar-refractivity contribution in [1.82, 2.24) is 5.32 Å². The Morgan fingerprint density at radius 1 is 0.780 bits per heavy atom. The summed E-state index contributed by atoms with van der Waals surface area (Å²) in [6.07, 6.45) is 0.751. The van der Waals surface area contributed by atoms with Crippen molar-refractivity contribution in [2.24, 2.45) is 4.99 Å². The second-order valence-electron chi connectivity index (χ2n) is 12.1. The molecule has 256 valence electrons. The molecule has 50 heavy (non-hydrogen) atoms. The fraction of sp³-hybridized carbons (Fsp3) is 0.238. The van der Waals surface area contributed by atoms with E-state index in [0.717, 1.165) is 33.4 Å². The summed E-state index contributed by atoms with van der Waals surface area (Å²) < 4.78 is 23.4. The van der Waals surface area contributed by atoms with Gasteiger partial charge in [-0.05, 0) is 70.6 Å². The average molecular weight is 671 g/mol. The van der Waals surface area contributed by atoms with Crippen LogP contribution in [0.15, 0.2) is 132 Å². The number of aliphatic imine (C=N–C) groups is 1. The van der Waals surface area contributed by atoms with Gasteiger partial charge in [-0.15, -0.1) is 0 Å². The third-order valence-electron chi connectivity index (χ3n) is 8.81. The third kappa shape index (κ3) is 7.82.